The first kappa shape index (κ1) is 17.2. The number of benzene rings is 2. The van der Waals surface area contributed by atoms with Crippen molar-refractivity contribution in [3.8, 4) is 0 Å². The van der Waals surface area contributed by atoms with Crippen LogP contribution in [0.25, 0.3) is 0 Å². The van der Waals surface area contributed by atoms with E-state index in [4.69, 9.17) is 16.3 Å². The quantitative estimate of drug-likeness (QED) is 0.649. The van der Waals surface area contributed by atoms with Gasteiger partial charge in [-0.3, -0.25) is 4.79 Å². The van der Waals surface area contributed by atoms with Crippen molar-refractivity contribution in [3.05, 3.63) is 88.5 Å². The zero-order chi connectivity index (χ0) is 17.5. The molecule has 0 saturated heterocycles. The topological polar surface area (TPSA) is 55.0 Å². The second kappa shape index (κ2) is 8.49. The maximum absolute atomic E-state index is 12.0. The number of carbonyl (C=O) groups is 1. The highest BCUT2D eigenvalue weighted by atomic mass is 35.5. The van der Waals surface area contributed by atoms with Crippen LogP contribution < -0.4 is 0 Å². The van der Waals surface area contributed by atoms with Crippen LogP contribution in [0.2, 0.25) is 5.02 Å². The normalized spacial score (nSPS) is 10.6. The van der Waals surface area contributed by atoms with Gasteiger partial charge in [-0.1, -0.05) is 48.0 Å². The second-order valence-electron chi connectivity index (χ2n) is 5.84. The maximum atomic E-state index is 12.0. The summed E-state index contributed by atoms with van der Waals surface area (Å²) in [5.74, 6) is -0.237. The van der Waals surface area contributed by atoms with Crippen molar-refractivity contribution in [2.75, 3.05) is 0 Å². The van der Waals surface area contributed by atoms with Crippen molar-refractivity contribution >= 4 is 17.6 Å². The molecule has 1 aromatic heterocycles. The van der Waals surface area contributed by atoms with Crippen molar-refractivity contribution in [1.29, 1.82) is 0 Å². The zero-order valence-corrected chi connectivity index (χ0v) is 14.5. The van der Waals surface area contributed by atoms with Crippen LogP contribution in [0.4, 0.5) is 0 Å². The monoisotopic (exact) mass is 354 g/mol. The third-order valence-electron chi connectivity index (χ3n) is 3.91. The predicted molar refractivity (Wildman–Crippen MR) is 97.4 cm³/mol. The lowest BCUT2D eigenvalue weighted by atomic mass is 10.0. The predicted octanol–water partition coefficient (Wildman–Crippen LogP) is 4.13. The van der Waals surface area contributed by atoms with E-state index in [0.717, 1.165) is 29.7 Å². The molecule has 0 spiro atoms. The van der Waals surface area contributed by atoms with Gasteiger partial charge in [-0.15, -0.1) is 0 Å². The molecule has 0 unspecified atom stereocenters. The minimum atomic E-state index is -0.237. The van der Waals surface area contributed by atoms with Crippen molar-refractivity contribution in [2.24, 2.45) is 0 Å². The van der Waals surface area contributed by atoms with Crippen LogP contribution in [-0.2, 0) is 35.4 Å². The molecule has 0 bridgehead atoms. The first-order valence-electron chi connectivity index (χ1n) is 8.14. The smallest absolute Gasteiger partial charge is 0.310 e. The summed E-state index contributed by atoms with van der Waals surface area (Å²) in [6.45, 7) is 0.262. The van der Waals surface area contributed by atoms with Crippen molar-refractivity contribution in [2.45, 2.75) is 25.9 Å². The number of halogens is 1. The fourth-order valence-electron chi connectivity index (χ4n) is 2.49. The number of aromatic amines is 1. The average Bonchev–Trinajstić information content (AvgIpc) is 3.14. The largest absolute Gasteiger partial charge is 0.461 e. The van der Waals surface area contributed by atoms with Gasteiger partial charge in [-0.05, 0) is 41.7 Å². The molecule has 5 heteroatoms. The average molecular weight is 355 g/mol. The number of hydrogen-bond donors (Lipinski definition) is 1. The molecule has 1 N–H and O–H groups in total. The van der Waals surface area contributed by atoms with Gasteiger partial charge in [0.15, 0.2) is 0 Å². The first-order chi connectivity index (χ1) is 12.2. The number of nitrogens with one attached hydrogen (secondary N) is 1. The molecular formula is C20H19ClN2O2. The minimum absolute atomic E-state index is 0.237. The summed E-state index contributed by atoms with van der Waals surface area (Å²) in [5, 5.41) is 0.669. The summed E-state index contributed by atoms with van der Waals surface area (Å²) < 4.78 is 5.30. The number of carbonyl (C=O) groups excluding carboxylic acids is 1. The number of hydrogen-bond acceptors (Lipinski definition) is 3. The molecule has 4 nitrogen and oxygen atoms in total. The van der Waals surface area contributed by atoms with Gasteiger partial charge in [0.25, 0.3) is 0 Å². The van der Waals surface area contributed by atoms with Gasteiger partial charge in [-0.2, -0.15) is 0 Å². The van der Waals surface area contributed by atoms with Crippen molar-refractivity contribution in [3.63, 3.8) is 0 Å². The molecule has 0 fully saturated rings. The van der Waals surface area contributed by atoms with Gasteiger partial charge >= 0.3 is 5.97 Å². The van der Waals surface area contributed by atoms with Gasteiger partial charge in [0.1, 0.15) is 6.61 Å². The van der Waals surface area contributed by atoms with E-state index >= 15 is 0 Å². The van der Waals surface area contributed by atoms with Crippen LogP contribution in [0.3, 0.4) is 0 Å². The number of ether oxygens (including phenoxy) is 1. The Morgan fingerprint density at radius 1 is 0.960 bits per heavy atom. The Labute approximate surface area is 151 Å². The zero-order valence-electron chi connectivity index (χ0n) is 13.7. The van der Waals surface area contributed by atoms with Gasteiger partial charge in [0.05, 0.1) is 18.4 Å². The molecule has 0 radical (unpaired) electrons. The molecule has 0 atom stereocenters. The lowest BCUT2D eigenvalue weighted by Gasteiger charge is -2.06. The van der Waals surface area contributed by atoms with E-state index in [9.17, 15) is 4.79 Å². The lowest BCUT2D eigenvalue weighted by molar-refractivity contribution is -0.144. The minimum Gasteiger partial charge on any atom is -0.461 e. The summed E-state index contributed by atoms with van der Waals surface area (Å²) in [5.41, 5.74) is 4.15. The highest BCUT2D eigenvalue weighted by Gasteiger charge is 2.06. The van der Waals surface area contributed by atoms with E-state index in [0.29, 0.717) is 5.02 Å². The highest BCUT2D eigenvalue weighted by Crippen LogP contribution is 2.12. The standard InChI is InChI=1S/C20H19ClN2O2/c21-18-8-5-17(6-9-18)13-25-20(24)11-16-3-1-15(2-4-16)7-10-19-12-22-14-23-19/h1-6,8-9,12,14H,7,10-11,13H2,(H,22,23). The summed E-state index contributed by atoms with van der Waals surface area (Å²) >= 11 is 5.83. The van der Waals surface area contributed by atoms with E-state index in [1.807, 2.05) is 30.5 Å². The molecular weight excluding hydrogens is 336 g/mol. The number of aromatic nitrogens is 2. The van der Waals surface area contributed by atoms with Gasteiger partial charge in [0.2, 0.25) is 0 Å². The summed E-state index contributed by atoms with van der Waals surface area (Å²) in [4.78, 5) is 19.1. The van der Waals surface area contributed by atoms with Crippen molar-refractivity contribution < 1.29 is 9.53 Å². The third kappa shape index (κ3) is 5.47. The molecule has 0 aliphatic rings. The Kier molecular flexibility index (Phi) is 5.86. The van der Waals surface area contributed by atoms with Gasteiger partial charge < -0.3 is 9.72 Å². The molecule has 0 aliphatic carbocycles. The molecule has 3 rings (SSSR count). The first-order valence-corrected chi connectivity index (χ1v) is 8.52. The van der Waals surface area contributed by atoms with Gasteiger partial charge in [0, 0.05) is 11.2 Å². The van der Waals surface area contributed by atoms with E-state index in [-0.39, 0.29) is 19.0 Å². The summed E-state index contributed by atoms with van der Waals surface area (Å²) in [7, 11) is 0. The second-order valence-corrected chi connectivity index (χ2v) is 6.28. The Morgan fingerprint density at radius 3 is 2.32 bits per heavy atom. The van der Waals surface area contributed by atoms with E-state index in [1.165, 1.54) is 5.56 Å². The van der Waals surface area contributed by atoms with Crippen molar-refractivity contribution in [1.82, 2.24) is 9.97 Å². The van der Waals surface area contributed by atoms with E-state index < -0.39 is 0 Å². The van der Waals surface area contributed by atoms with Crippen LogP contribution >= 0.6 is 11.6 Å². The van der Waals surface area contributed by atoms with Crippen LogP contribution in [0.5, 0.6) is 0 Å². The fourth-order valence-corrected chi connectivity index (χ4v) is 2.61. The number of nitrogens with zero attached hydrogens (tertiary/aromatic N) is 1. The number of H-pyrrole nitrogens is 1. The van der Waals surface area contributed by atoms with Gasteiger partial charge in [-0.25, -0.2) is 4.98 Å². The molecule has 1 heterocycles. The van der Waals surface area contributed by atoms with Crippen LogP contribution in [0.1, 0.15) is 22.4 Å². The third-order valence-corrected chi connectivity index (χ3v) is 4.16. The summed E-state index contributed by atoms with van der Waals surface area (Å²) in [6.07, 6.45) is 5.69. The molecule has 128 valence electrons. The van der Waals surface area contributed by atoms with E-state index in [2.05, 4.69) is 22.1 Å². The fraction of sp³-hybridized carbons (Fsp3) is 0.200. The Balaban J connectivity index is 1.45. The van der Waals surface area contributed by atoms with Crippen LogP contribution in [0, 0.1) is 0 Å². The molecule has 0 amide bonds. The maximum Gasteiger partial charge on any atom is 0.310 e. The molecule has 2 aromatic carbocycles. The van der Waals surface area contributed by atoms with Crippen LogP contribution in [0.15, 0.2) is 61.1 Å². The molecule has 25 heavy (non-hydrogen) atoms. The number of aryl methyl sites for hydroxylation is 2. The molecule has 0 saturated carbocycles. The van der Waals surface area contributed by atoms with Crippen LogP contribution in [-0.4, -0.2) is 15.9 Å². The highest BCUT2D eigenvalue weighted by molar-refractivity contribution is 6.30. The molecule has 3 aromatic rings. The SMILES string of the molecule is O=C(Cc1ccc(CCc2c[nH]cn2)cc1)OCc1ccc(Cl)cc1. The number of esters is 1. The Hall–Kier alpha value is -2.59. The van der Waals surface area contributed by atoms with E-state index in [1.54, 1.807) is 18.5 Å². The lowest BCUT2D eigenvalue weighted by Crippen LogP contribution is -2.08. The Morgan fingerprint density at radius 2 is 1.64 bits per heavy atom. The summed E-state index contributed by atoms with van der Waals surface area (Å²) in [6, 6.07) is 15.3. The number of rotatable bonds is 7. The Bertz CT molecular complexity index is 797. The number of imidazole rings is 1. The molecule has 0 aliphatic heterocycles.